The first-order valence-corrected chi connectivity index (χ1v) is 7.36. The molecule has 2 heteroatoms. The van der Waals surface area contributed by atoms with Crippen LogP contribution in [0.25, 0.3) is 0 Å². The van der Waals surface area contributed by atoms with Crippen LogP contribution < -0.4 is 5.19 Å². The highest BCUT2D eigenvalue weighted by molar-refractivity contribution is 6.46. The van der Waals surface area contributed by atoms with Crippen LogP contribution >= 0.6 is 0 Å². The van der Waals surface area contributed by atoms with Crippen LogP contribution in [0.1, 0.15) is 18.1 Å². The Morgan fingerprint density at radius 1 is 0.882 bits per heavy atom. The molecule has 0 radical (unpaired) electrons. The van der Waals surface area contributed by atoms with Gasteiger partial charge < -0.3 is 4.43 Å². The van der Waals surface area contributed by atoms with Crippen LogP contribution in [0.5, 0.6) is 0 Å². The zero-order valence-corrected chi connectivity index (χ0v) is 11.6. The topological polar surface area (TPSA) is 9.23 Å². The molecule has 0 bridgehead atoms. The second-order valence-electron chi connectivity index (χ2n) is 4.15. The molecule has 0 amide bonds. The van der Waals surface area contributed by atoms with Crippen molar-refractivity contribution >= 4 is 14.9 Å². The molecule has 0 saturated heterocycles. The summed E-state index contributed by atoms with van der Waals surface area (Å²) in [7, 11) is -0.579. The van der Waals surface area contributed by atoms with Gasteiger partial charge in [-0.1, -0.05) is 61.5 Å². The molecule has 0 spiro atoms. The maximum atomic E-state index is 5.82. The van der Waals surface area contributed by atoms with Crippen molar-refractivity contribution in [1.29, 1.82) is 0 Å². The van der Waals surface area contributed by atoms with Crippen molar-refractivity contribution in [1.82, 2.24) is 0 Å². The highest BCUT2D eigenvalue weighted by atomic mass is 28.2. The van der Waals surface area contributed by atoms with E-state index < -0.39 is 9.76 Å². The van der Waals surface area contributed by atoms with Gasteiger partial charge in [0.15, 0.2) is 9.76 Å². The lowest BCUT2D eigenvalue weighted by atomic mass is 10.2. The smallest absolute Gasteiger partial charge is 0.192 e. The highest BCUT2D eigenvalue weighted by Gasteiger charge is 1.96. The second kappa shape index (κ2) is 6.38. The molecule has 0 saturated carbocycles. The summed E-state index contributed by atoms with van der Waals surface area (Å²) in [5.74, 6) is 0. The predicted molar refractivity (Wildman–Crippen MR) is 75.2 cm³/mol. The average molecular weight is 242 g/mol. The fourth-order valence-corrected chi connectivity index (χ4v) is 2.73. The first-order chi connectivity index (χ1) is 8.38. The van der Waals surface area contributed by atoms with Gasteiger partial charge in [0.1, 0.15) is 0 Å². The van der Waals surface area contributed by atoms with Crippen molar-refractivity contribution in [3.8, 4) is 0 Å². The van der Waals surface area contributed by atoms with Crippen molar-refractivity contribution in [2.24, 2.45) is 0 Å². The van der Waals surface area contributed by atoms with Gasteiger partial charge in [-0.05, 0) is 22.7 Å². The fraction of sp³-hybridized carbons (Fsp3) is 0.200. The predicted octanol–water partition coefficient (Wildman–Crippen LogP) is 2.17. The van der Waals surface area contributed by atoms with Gasteiger partial charge in [-0.3, -0.25) is 0 Å². The van der Waals surface area contributed by atoms with Crippen molar-refractivity contribution in [2.45, 2.75) is 20.0 Å². The molecule has 0 unspecified atom stereocenters. The van der Waals surface area contributed by atoms with E-state index in [1.54, 1.807) is 0 Å². The Labute approximate surface area is 105 Å². The van der Waals surface area contributed by atoms with Crippen LogP contribution in [0.3, 0.4) is 0 Å². The summed E-state index contributed by atoms with van der Waals surface area (Å²) in [6, 6.07) is 19.2. The summed E-state index contributed by atoms with van der Waals surface area (Å²) in [6.07, 6.45) is 1.10. The fourth-order valence-electron chi connectivity index (χ4n) is 1.73. The summed E-state index contributed by atoms with van der Waals surface area (Å²) >= 11 is 0. The summed E-state index contributed by atoms with van der Waals surface area (Å²) < 4.78 is 5.82. The largest absolute Gasteiger partial charge is 0.414 e. The Morgan fingerprint density at radius 3 is 2.24 bits per heavy atom. The molecule has 0 aliphatic rings. The minimum Gasteiger partial charge on any atom is -0.414 e. The molecule has 2 aromatic carbocycles. The van der Waals surface area contributed by atoms with Gasteiger partial charge in [0.05, 0.1) is 6.61 Å². The van der Waals surface area contributed by atoms with Gasteiger partial charge >= 0.3 is 0 Å². The third-order valence-corrected chi connectivity index (χ3v) is 4.02. The van der Waals surface area contributed by atoms with Crippen molar-refractivity contribution < 1.29 is 4.43 Å². The third kappa shape index (κ3) is 3.84. The van der Waals surface area contributed by atoms with Crippen LogP contribution in [0.15, 0.2) is 54.6 Å². The lowest BCUT2D eigenvalue weighted by molar-refractivity contribution is 0.330. The van der Waals surface area contributed by atoms with Crippen LogP contribution in [-0.2, 0) is 17.5 Å². The molecule has 0 fully saturated rings. The SMILES string of the molecule is CCc1ccc([SiH2]OCc2ccccc2)cc1. The van der Waals surface area contributed by atoms with E-state index in [1.807, 2.05) is 6.07 Å². The lowest BCUT2D eigenvalue weighted by Gasteiger charge is -2.05. The van der Waals surface area contributed by atoms with Crippen molar-refractivity contribution in [3.05, 3.63) is 65.7 Å². The number of aryl methyl sites for hydroxylation is 1. The molecule has 17 heavy (non-hydrogen) atoms. The minimum absolute atomic E-state index is 0.579. The van der Waals surface area contributed by atoms with E-state index in [2.05, 4.69) is 55.5 Å². The molecule has 0 aliphatic heterocycles. The number of rotatable bonds is 5. The Kier molecular flexibility index (Phi) is 4.53. The first kappa shape index (κ1) is 12.1. The van der Waals surface area contributed by atoms with Crippen LogP contribution in [-0.4, -0.2) is 9.76 Å². The lowest BCUT2D eigenvalue weighted by Crippen LogP contribution is -2.17. The van der Waals surface area contributed by atoms with E-state index in [1.165, 1.54) is 16.3 Å². The molecule has 1 nitrogen and oxygen atoms in total. The third-order valence-electron chi connectivity index (χ3n) is 2.81. The van der Waals surface area contributed by atoms with Gasteiger partial charge in [-0.2, -0.15) is 0 Å². The number of hydrogen-bond acceptors (Lipinski definition) is 1. The summed E-state index contributed by atoms with van der Waals surface area (Å²) in [6.45, 7) is 2.92. The van der Waals surface area contributed by atoms with Crippen molar-refractivity contribution in [2.75, 3.05) is 0 Å². The van der Waals surface area contributed by atoms with E-state index in [0.29, 0.717) is 0 Å². The Balaban J connectivity index is 1.82. The van der Waals surface area contributed by atoms with Crippen molar-refractivity contribution in [3.63, 3.8) is 0 Å². The van der Waals surface area contributed by atoms with Gasteiger partial charge in [-0.15, -0.1) is 0 Å². The van der Waals surface area contributed by atoms with Gasteiger partial charge in [0, 0.05) is 0 Å². The zero-order chi connectivity index (χ0) is 11.9. The maximum Gasteiger partial charge on any atom is 0.192 e. The first-order valence-electron chi connectivity index (χ1n) is 6.08. The normalized spacial score (nSPS) is 11.1. The summed E-state index contributed by atoms with van der Waals surface area (Å²) in [4.78, 5) is 0. The molecule has 88 valence electrons. The standard InChI is InChI=1S/C15H18OSi/c1-2-13-8-10-15(11-9-13)17-16-12-14-6-4-3-5-7-14/h3-11H,2,12,17H2,1H3. The van der Waals surface area contributed by atoms with Crippen LogP contribution in [0.4, 0.5) is 0 Å². The number of benzene rings is 2. The Bertz CT molecular complexity index is 436. The van der Waals surface area contributed by atoms with E-state index in [4.69, 9.17) is 4.43 Å². The molecule has 2 rings (SSSR count). The van der Waals surface area contributed by atoms with Crippen LogP contribution in [0, 0.1) is 0 Å². The molecule has 0 aliphatic carbocycles. The summed E-state index contributed by atoms with van der Waals surface area (Å²) in [5, 5.41) is 1.37. The summed E-state index contributed by atoms with van der Waals surface area (Å²) in [5.41, 5.74) is 2.65. The van der Waals surface area contributed by atoms with E-state index in [0.717, 1.165) is 13.0 Å². The molecular weight excluding hydrogens is 224 g/mol. The molecule has 0 heterocycles. The molecule has 0 atom stereocenters. The maximum absolute atomic E-state index is 5.82. The molecule has 0 N–H and O–H groups in total. The van der Waals surface area contributed by atoms with Gasteiger partial charge in [-0.25, -0.2) is 0 Å². The molecule has 2 aromatic rings. The average Bonchev–Trinajstić information content (AvgIpc) is 2.41. The quantitative estimate of drug-likeness (QED) is 0.730. The number of hydrogen-bond donors (Lipinski definition) is 0. The van der Waals surface area contributed by atoms with E-state index in [-0.39, 0.29) is 0 Å². The van der Waals surface area contributed by atoms with E-state index >= 15 is 0 Å². The molecular formula is C15H18OSi. The zero-order valence-electron chi connectivity index (χ0n) is 10.2. The second-order valence-corrected chi connectivity index (χ2v) is 5.66. The van der Waals surface area contributed by atoms with Gasteiger partial charge in [0.25, 0.3) is 0 Å². The Hall–Kier alpha value is -1.38. The van der Waals surface area contributed by atoms with Gasteiger partial charge in [0.2, 0.25) is 0 Å². The highest BCUT2D eigenvalue weighted by Crippen LogP contribution is 2.00. The molecule has 0 aromatic heterocycles. The van der Waals surface area contributed by atoms with E-state index in [9.17, 15) is 0 Å². The van der Waals surface area contributed by atoms with Crippen LogP contribution in [0.2, 0.25) is 0 Å². The Morgan fingerprint density at radius 2 is 1.59 bits per heavy atom. The minimum atomic E-state index is -0.579. The monoisotopic (exact) mass is 242 g/mol.